The van der Waals surface area contributed by atoms with Gasteiger partial charge in [0.15, 0.2) is 0 Å². The molecule has 0 radical (unpaired) electrons. The quantitative estimate of drug-likeness (QED) is 0.267. The third-order valence-electron chi connectivity index (χ3n) is 6.60. The number of fused-ring (bicyclic) bond motifs is 1. The number of halogens is 1. The van der Waals surface area contributed by atoms with Crippen molar-refractivity contribution in [3.63, 3.8) is 0 Å². The highest BCUT2D eigenvalue weighted by atomic mass is 32.2. The Labute approximate surface area is 214 Å². The van der Waals surface area contributed by atoms with Crippen molar-refractivity contribution < 1.29 is 38.1 Å². The number of thiazole rings is 1. The van der Waals surface area contributed by atoms with Crippen molar-refractivity contribution in [2.45, 2.75) is 56.5 Å². The van der Waals surface area contributed by atoms with E-state index in [1.165, 1.54) is 24.5 Å². The van der Waals surface area contributed by atoms with Crippen molar-refractivity contribution in [3.05, 3.63) is 51.5 Å². The van der Waals surface area contributed by atoms with Gasteiger partial charge >= 0.3 is 0 Å². The van der Waals surface area contributed by atoms with Gasteiger partial charge in [0.25, 0.3) is 0 Å². The molecule has 2 fully saturated rings. The number of ether oxygens (including phenoxy) is 3. The van der Waals surface area contributed by atoms with Gasteiger partial charge in [0.05, 0.1) is 54.4 Å². The molecule has 0 bridgehead atoms. The van der Waals surface area contributed by atoms with Crippen LogP contribution >= 0.6 is 23.0 Å². The Morgan fingerprint density at radius 1 is 1.22 bits per heavy atom. The van der Waals surface area contributed by atoms with Crippen LogP contribution in [0, 0.1) is 17.4 Å². The second kappa shape index (κ2) is 10.8. The van der Waals surface area contributed by atoms with Gasteiger partial charge in [-0.05, 0) is 42.3 Å². The maximum Gasteiger partial charge on any atom is 0.137 e. The summed E-state index contributed by atoms with van der Waals surface area (Å²) in [5, 5.41) is 30.3. The predicted octanol–water partition coefficient (Wildman–Crippen LogP) is 3.01. The molecule has 9 nitrogen and oxygen atoms in total. The Morgan fingerprint density at radius 3 is 2.78 bits per heavy atom. The number of nitrogens with zero attached hydrogens (tertiary/aromatic N) is 2. The summed E-state index contributed by atoms with van der Waals surface area (Å²) in [7, 11) is 1.52. The molecule has 196 valence electrons. The second-order valence-corrected chi connectivity index (χ2v) is 10.6. The van der Waals surface area contributed by atoms with Gasteiger partial charge in [-0.25, -0.2) is 9.37 Å². The topological polar surface area (TPSA) is 115 Å². The lowest BCUT2D eigenvalue weighted by molar-refractivity contribution is -0.0448. The number of aliphatic hydroxyl groups is 3. The molecule has 12 heteroatoms. The van der Waals surface area contributed by atoms with Crippen molar-refractivity contribution >= 4 is 33.2 Å². The van der Waals surface area contributed by atoms with Gasteiger partial charge in [-0.1, -0.05) is 0 Å². The Bertz CT molecular complexity index is 1300. The van der Waals surface area contributed by atoms with Crippen LogP contribution in [0.3, 0.4) is 0 Å². The summed E-state index contributed by atoms with van der Waals surface area (Å²) in [5.74, 6) is 0.163. The van der Waals surface area contributed by atoms with Crippen molar-refractivity contribution in [3.8, 4) is 5.75 Å². The summed E-state index contributed by atoms with van der Waals surface area (Å²) < 4.78 is 41.1. The van der Waals surface area contributed by atoms with Gasteiger partial charge in [-0.2, -0.15) is 0 Å². The minimum atomic E-state index is -0.788. The molecule has 1 aromatic carbocycles. The number of thiol groups is 1. The second-order valence-electron chi connectivity index (χ2n) is 8.92. The molecule has 3 N–H and O–H groups in total. The third-order valence-corrected chi connectivity index (χ3v) is 8.51. The first-order chi connectivity index (χ1) is 17.4. The van der Waals surface area contributed by atoms with Crippen LogP contribution < -0.4 is 4.74 Å². The smallest absolute Gasteiger partial charge is 0.137 e. The standard InChI is InChI=1S/C24H29FN2O7S2/c1-12-5-18(31-2)13(6-14(12)25)19-7-16(29)21(33-19)10-32-36-24-23-15(26-11-35-23)3-4-27(24)22-8-17(30)20(9-28)34-22/h3-6,11,16-17,19-22,28-30,36H,7-10H2,1-2H3/t16?,17?,19-,20-,21-,22-/m1/s1. The Kier molecular flexibility index (Phi) is 7.75. The highest BCUT2D eigenvalue weighted by Crippen LogP contribution is 2.39. The van der Waals surface area contributed by atoms with Crippen molar-refractivity contribution in [1.82, 2.24) is 9.55 Å². The van der Waals surface area contributed by atoms with Crippen LogP contribution in [0.25, 0.3) is 10.2 Å². The van der Waals surface area contributed by atoms with Gasteiger partial charge in [0.1, 0.15) is 34.6 Å². The number of pyridine rings is 1. The van der Waals surface area contributed by atoms with Crippen LogP contribution in [0.2, 0.25) is 0 Å². The van der Waals surface area contributed by atoms with Crippen molar-refractivity contribution in [2.24, 2.45) is 0 Å². The largest absolute Gasteiger partial charge is 0.496 e. The lowest BCUT2D eigenvalue weighted by Gasteiger charge is -2.18. The SMILES string of the molecule is COc1cc(C)c(F)cc1[C@H]1CC(O)[C@@H](CO/[SH]=c2\c3scnc3ccn2[C@H]2CC(O)[C@@H](CO)O2)O1. The first-order valence-electron chi connectivity index (χ1n) is 11.6. The maximum atomic E-state index is 14.2. The summed E-state index contributed by atoms with van der Waals surface area (Å²) in [6.45, 7) is 1.51. The fourth-order valence-corrected chi connectivity index (χ4v) is 6.43. The van der Waals surface area contributed by atoms with E-state index in [0.717, 1.165) is 14.9 Å². The number of benzene rings is 1. The first-order valence-corrected chi connectivity index (χ1v) is 13.3. The number of methoxy groups -OCH3 is 1. The molecular weight excluding hydrogens is 511 g/mol. The fraction of sp³-hybridized carbons (Fsp3) is 0.500. The third kappa shape index (κ3) is 4.96. The summed E-state index contributed by atoms with van der Waals surface area (Å²) in [4.78, 5) is 4.37. The lowest BCUT2D eigenvalue weighted by Crippen LogP contribution is -2.25. The number of rotatable bonds is 7. The monoisotopic (exact) mass is 540 g/mol. The highest BCUT2D eigenvalue weighted by molar-refractivity contribution is 7.86. The molecule has 2 unspecified atom stereocenters. The van der Waals surface area contributed by atoms with Crippen LogP contribution in [0.15, 0.2) is 29.9 Å². The van der Waals surface area contributed by atoms with E-state index in [0.29, 0.717) is 41.3 Å². The molecule has 4 heterocycles. The fourth-order valence-electron chi connectivity index (χ4n) is 4.60. The van der Waals surface area contributed by atoms with Crippen molar-refractivity contribution in [2.75, 3.05) is 20.3 Å². The number of aromatic nitrogens is 2. The summed E-state index contributed by atoms with van der Waals surface area (Å²) in [5.41, 5.74) is 3.59. The molecule has 2 aliphatic rings. The van der Waals surface area contributed by atoms with Gasteiger partial charge in [-0.3, -0.25) is 0 Å². The molecule has 0 aliphatic carbocycles. The lowest BCUT2D eigenvalue weighted by atomic mass is 10.0. The predicted molar refractivity (Wildman–Crippen MR) is 133 cm³/mol. The van der Waals surface area contributed by atoms with E-state index in [1.54, 1.807) is 18.5 Å². The minimum absolute atomic E-state index is 0.110. The zero-order valence-electron chi connectivity index (χ0n) is 19.8. The summed E-state index contributed by atoms with van der Waals surface area (Å²) in [6.07, 6.45) is -1.32. The molecule has 6 atom stereocenters. The van der Waals surface area contributed by atoms with Gasteiger partial charge in [0.2, 0.25) is 0 Å². The molecular formula is C24H29FN2O7S2. The number of aliphatic hydroxyl groups excluding tert-OH is 3. The molecule has 0 saturated carbocycles. The minimum Gasteiger partial charge on any atom is -0.496 e. The summed E-state index contributed by atoms with van der Waals surface area (Å²) in [6, 6.07) is 4.90. The Hall–Kier alpha value is -1.90. The van der Waals surface area contributed by atoms with E-state index in [-0.39, 0.29) is 19.0 Å². The zero-order valence-corrected chi connectivity index (χ0v) is 21.5. The molecule has 3 aromatic rings. The molecule has 36 heavy (non-hydrogen) atoms. The van der Waals surface area contributed by atoms with E-state index < -0.39 is 36.7 Å². The molecule has 0 amide bonds. The maximum absolute atomic E-state index is 14.2. The van der Waals surface area contributed by atoms with Gasteiger partial charge < -0.3 is 38.3 Å². The molecule has 2 aromatic heterocycles. The van der Waals surface area contributed by atoms with Crippen LogP contribution in [0.5, 0.6) is 5.75 Å². The molecule has 2 aliphatic heterocycles. The van der Waals surface area contributed by atoms with Crippen LogP contribution in [-0.4, -0.2) is 69.6 Å². The Morgan fingerprint density at radius 2 is 2.03 bits per heavy atom. The average molecular weight is 541 g/mol. The van der Waals surface area contributed by atoms with E-state index >= 15 is 0 Å². The molecule has 2 saturated heterocycles. The number of hydrogen-bond acceptors (Lipinski definition) is 9. The van der Waals surface area contributed by atoms with Crippen LogP contribution in [0.1, 0.15) is 36.3 Å². The normalized spacial score (nSPS) is 29.1. The average Bonchev–Trinajstić information content (AvgIpc) is 3.59. The van der Waals surface area contributed by atoms with Gasteiger partial charge in [0, 0.05) is 24.6 Å². The van der Waals surface area contributed by atoms with Crippen molar-refractivity contribution in [1.29, 1.82) is 0 Å². The van der Waals surface area contributed by atoms with Crippen LogP contribution in [0.4, 0.5) is 4.39 Å². The molecule has 0 spiro atoms. The van der Waals surface area contributed by atoms with E-state index in [9.17, 15) is 19.7 Å². The van der Waals surface area contributed by atoms with Gasteiger partial charge in [-0.15, -0.1) is 11.3 Å². The summed E-state index contributed by atoms with van der Waals surface area (Å²) >= 11 is 1.96. The highest BCUT2D eigenvalue weighted by Gasteiger charge is 2.37. The van der Waals surface area contributed by atoms with E-state index in [4.69, 9.17) is 18.4 Å². The number of hydrogen-bond donors (Lipinski definition) is 4. The zero-order chi connectivity index (χ0) is 25.4. The Balaban J connectivity index is 1.35. The van der Waals surface area contributed by atoms with Crippen LogP contribution in [-0.2, 0) is 13.7 Å². The van der Waals surface area contributed by atoms with E-state index in [1.807, 2.05) is 16.8 Å². The van der Waals surface area contributed by atoms with E-state index in [2.05, 4.69) is 4.98 Å². The first kappa shape index (κ1) is 25.7. The number of aryl methyl sites for hydroxylation is 1. The molecule has 5 rings (SSSR count).